The SMILES string of the molecule is O=C(Nc1ccc2c(c1)OCO2)c1csc(-c2ccsc2)n1. The fourth-order valence-electron chi connectivity index (χ4n) is 2.07. The summed E-state index contributed by atoms with van der Waals surface area (Å²) in [5, 5.41) is 9.42. The van der Waals surface area contributed by atoms with Crippen LogP contribution < -0.4 is 14.8 Å². The highest BCUT2D eigenvalue weighted by Crippen LogP contribution is 2.34. The van der Waals surface area contributed by atoms with Crippen molar-refractivity contribution < 1.29 is 14.3 Å². The Morgan fingerprint density at radius 2 is 2.09 bits per heavy atom. The van der Waals surface area contributed by atoms with Crippen LogP contribution in [-0.4, -0.2) is 17.7 Å². The van der Waals surface area contributed by atoms with Gasteiger partial charge in [-0.25, -0.2) is 4.98 Å². The van der Waals surface area contributed by atoms with Crippen LogP contribution in [0.4, 0.5) is 5.69 Å². The molecule has 0 spiro atoms. The molecule has 0 atom stereocenters. The van der Waals surface area contributed by atoms with Crippen LogP contribution in [0.25, 0.3) is 10.6 Å². The minimum atomic E-state index is -0.239. The van der Waals surface area contributed by atoms with E-state index in [1.54, 1.807) is 34.9 Å². The maximum absolute atomic E-state index is 12.3. The number of ether oxygens (including phenoxy) is 2. The number of amides is 1. The zero-order valence-electron chi connectivity index (χ0n) is 11.2. The number of carbonyl (C=O) groups excluding carboxylic acids is 1. The third kappa shape index (κ3) is 2.44. The summed E-state index contributed by atoms with van der Waals surface area (Å²) < 4.78 is 10.5. The third-order valence-electron chi connectivity index (χ3n) is 3.14. The Balaban J connectivity index is 1.53. The number of hydrogen-bond donors (Lipinski definition) is 1. The number of aromatic nitrogens is 1. The summed E-state index contributed by atoms with van der Waals surface area (Å²) in [6, 6.07) is 7.28. The molecule has 0 radical (unpaired) electrons. The van der Waals surface area contributed by atoms with Crippen LogP contribution in [0.1, 0.15) is 10.5 Å². The van der Waals surface area contributed by atoms with Crippen LogP contribution in [-0.2, 0) is 0 Å². The number of thiazole rings is 1. The largest absolute Gasteiger partial charge is 0.454 e. The zero-order valence-corrected chi connectivity index (χ0v) is 12.9. The minimum Gasteiger partial charge on any atom is -0.454 e. The maximum Gasteiger partial charge on any atom is 0.275 e. The molecule has 4 rings (SSSR count). The van der Waals surface area contributed by atoms with E-state index in [1.807, 2.05) is 16.8 Å². The molecule has 1 N–H and O–H groups in total. The number of nitrogens with zero attached hydrogens (tertiary/aromatic N) is 1. The first-order valence-corrected chi connectivity index (χ1v) is 8.31. The van der Waals surface area contributed by atoms with Crippen molar-refractivity contribution >= 4 is 34.3 Å². The van der Waals surface area contributed by atoms with Gasteiger partial charge in [0.2, 0.25) is 6.79 Å². The Morgan fingerprint density at radius 3 is 2.95 bits per heavy atom. The van der Waals surface area contributed by atoms with E-state index in [4.69, 9.17) is 9.47 Å². The van der Waals surface area contributed by atoms with E-state index < -0.39 is 0 Å². The quantitative estimate of drug-likeness (QED) is 0.792. The lowest BCUT2D eigenvalue weighted by Crippen LogP contribution is -2.12. The van der Waals surface area contributed by atoms with Gasteiger partial charge in [-0.05, 0) is 23.6 Å². The molecule has 2 aromatic heterocycles. The summed E-state index contributed by atoms with van der Waals surface area (Å²) in [6.45, 7) is 0.211. The molecule has 0 unspecified atom stereocenters. The molecule has 0 aliphatic carbocycles. The lowest BCUT2D eigenvalue weighted by molar-refractivity contribution is 0.102. The number of thiophene rings is 1. The molecular weight excluding hydrogens is 320 g/mol. The first-order valence-electron chi connectivity index (χ1n) is 6.49. The molecule has 0 saturated heterocycles. The second-order valence-electron chi connectivity index (χ2n) is 4.57. The number of anilines is 1. The van der Waals surface area contributed by atoms with Gasteiger partial charge in [0.1, 0.15) is 10.7 Å². The molecule has 1 aromatic carbocycles. The highest BCUT2D eigenvalue weighted by atomic mass is 32.1. The molecule has 1 amide bonds. The zero-order chi connectivity index (χ0) is 14.9. The molecule has 0 saturated carbocycles. The third-order valence-corrected chi connectivity index (χ3v) is 4.71. The molecule has 1 aliphatic rings. The number of hydrogen-bond acceptors (Lipinski definition) is 6. The number of nitrogens with one attached hydrogen (secondary N) is 1. The number of rotatable bonds is 3. The van der Waals surface area contributed by atoms with Gasteiger partial charge in [-0.15, -0.1) is 11.3 Å². The maximum atomic E-state index is 12.3. The molecule has 0 fully saturated rings. The highest BCUT2D eigenvalue weighted by Gasteiger charge is 2.16. The summed E-state index contributed by atoms with van der Waals surface area (Å²) >= 11 is 3.06. The molecule has 7 heteroatoms. The second-order valence-corrected chi connectivity index (χ2v) is 6.21. The number of carbonyl (C=O) groups is 1. The van der Waals surface area contributed by atoms with Gasteiger partial charge in [-0.1, -0.05) is 0 Å². The number of fused-ring (bicyclic) bond motifs is 1. The summed E-state index contributed by atoms with van der Waals surface area (Å²) in [5.41, 5.74) is 2.10. The van der Waals surface area contributed by atoms with E-state index in [0.29, 0.717) is 22.9 Å². The van der Waals surface area contributed by atoms with Crippen molar-refractivity contribution in [3.63, 3.8) is 0 Å². The fourth-order valence-corrected chi connectivity index (χ4v) is 3.58. The Kier molecular flexibility index (Phi) is 3.28. The van der Waals surface area contributed by atoms with Crippen molar-refractivity contribution in [2.24, 2.45) is 0 Å². The molecule has 3 aromatic rings. The summed E-state index contributed by atoms with van der Waals surface area (Å²) in [5.74, 6) is 1.08. The van der Waals surface area contributed by atoms with Crippen LogP contribution in [0.5, 0.6) is 11.5 Å². The van der Waals surface area contributed by atoms with Crippen LogP contribution in [0.15, 0.2) is 40.4 Å². The van der Waals surface area contributed by atoms with Gasteiger partial charge >= 0.3 is 0 Å². The van der Waals surface area contributed by atoms with Crippen molar-refractivity contribution in [2.75, 3.05) is 12.1 Å². The van der Waals surface area contributed by atoms with Gasteiger partial charge < -0.3 is 14.8 Å². The summed E-state index contributed by atoms with van der Waals surface area (Å²) in [6.07, 6.45) is 0. The van der Waals surface area contributed by atoms with Crippen LogP contribution >= 0.6 is 22.7 Å². The Morgan fingerprint density at radius 1 is 1.18 bits per heavy atom. The molecular formula is C15H10N2O3S2. The van der Waals surface area contributed by atoms with Crippen molar-refractivity contribution in [2.45, 2.75) is 0 Å². The fraction of sp³-hybridized carbons (Fsp3) is 0.0667. The lowest BCUT2D eigenvalue weighted by Gasteiger charge is -2.04. The van der Waals surface area contributed by atoms with Crippen molar-refractivity contribution in [1.29, 1.82) is 0 Å². The monoisotopic (exact) mass is 330 g/mol. The Bertz CT molecular complexity index is 827. The molecule has 3 heterocycles. The first-order chi connectivity index (χ1) is 10.8. The van der Waals surface area contributed by atoms with E-state index in [9.17, 15) is 4.79 Å². The van der Waals surface area contributed by atoms with Gasteiger partial charge in [0.25, 0.3) is 5.91 Å². The van der Waals surface area contributed by atoms with Crippen LogP contribution in [0, 0.1) is 0 Å². The Hall–Kier alpha value is -2.38. The van der Waals surface area contributed by atoms with Gasteiger partial charge in [-0.3, -0.25) is 4.79 Å². The molecule has 1 aliphatic heterocycles. The summed E-state index contributed by atoms with van der Waals surface area (Å²) in [4.78, 5) is 16.6. The average molecular weight is 330 g/mol. The lowest BCUT2D eigenvalue weighted by atomic mass is 10.2. The predicted octanol–water partition coefficient (Wildman–Crippen LogP) is 3.85. The van der Waals surface area contributed by atoms with Gasteiger partial charge in [0.15, 0.2) is 11.5 Å². The molecule has 22 heavy (non-hydrogen) atoms. The minimum absolute atomic E-state index is 0.211. The standard InChI is InChI=1S/C15H10N2O3S2/c18-14(11-7-22-15(17-11)9-3-4-21-6-9)16-10-1-2-12-13(5-10)20-8-19-12/h1-7H,8H2,(H,16,18). The summed E-state index contributed by atoms with van der Waals surface area (Å²) in [7, 11) is 0. The first kappa shape index (κ1) is 13.3. The van der Waals surface area contributed by atoms with Crippen molar-refractivity contribution in [3.8, 4) is 22.1 Å². The van der Waals surface area contributed by atoms with E-state index in [2.05, 4.69) is 10.3 Å². The second kappa shape index (κ2) is 5.43. The normalized spacial score (nSPS) is 12.4. The van der Waals surface area contributed by atoms with Gasteiger partial charge in [0, 0.05) is 28.1 Å². The van der Waals surface area contributed by atoms with E-state index in [1.165, 1.54) is 11.3 Å². The molecule has 110 valence electrons. The topological polar surface area (TPSA) is 60.5 Å². The molecule has 5 nitrogen and oxygen atoms in total. The molecule has 0 bridgehead atoms. The van der Waals surface area contributed by atoms with E-state index in [0.717, 1.165) is 10.6 Å². The van der Waals surface area contributed by atoms with Gasteiger partial charge in [-0.2, -0.15) is 11.3 Å². The van der Waals surface area contributed by atoms with Crippen LogP contribution in [0.2, 0.25) is 0 Å². The Labute approximate surface area is 134 Å². The van der Waals surface area contributed by atoms with Crippen LogP contribution in [0.3, 0.4) is 0 Å². The van der Waals surface area contributed by atoms with Crippen molar-refractivity contribution in [1.82, 2.24) is 4.98 Å². The van der Waals surface area contributed by atoms with Gasteiger partial charge in [0.05, 0.1) is 0 Å². The van der Waals surface area contributed by atoms with E-state index >= 15 is 0 Å². The smallest absolute Gasteiger partial charge is 0.275 e. The number of benzene rings is 1. The van der Waals surface area contributed by atoms with E-state index in [-0.39, 0.29) is 12.7 Å². The predicted molar refractivity (Wildman–Crippen MR) is 85.9 cm³/mol. The average Bonchev–Trinajstić information content (AvgIpc) is 3.26. The highest BCUT2D eigenvalue weighted by molar-refractivity contribution is 7.14. The van der Waals surface area contributed by atoms with Crippen molar-refractivity contribution in [3.05, 3.63) is 46.1 Å².